The summed E-state index contributed by atoms with van der Waals surface area (Å²) < 4.78 is 0. The Bertz CT molecular complexity index is 1070. The fourth-order valence-corrected chi connectivity index (χ4v) is 4.49. The molecule has 0 unspecified atom stereocenters. The van der Waals surface area contributed by atoms with E-state index in [2.05, 4.69) is 30.6 Å². The number of hydrogen-bond acceptors (Lipinski definition) is 4. The fraction of sp³-hybridized carbons (Fsp3) is 0.320. The Balaban J connectivity index is 1.75. The van der Waals surface area contributed by atoms with Crippen LogP contribution in [-0.2, 0) is 9.59 Å². The summed E-state index contributed by atoms with van der Waals surface area (Å²) in [5.74, 6) is -0.109. The quantitative estimate of drug-likeness (QED) is 0.661. The van der Waals surface area contributed by atoms with Gasteiger partial charge in [-0.05, 0) is 42.5 Å². The summed E-state index contributed by atoms with van der Waals surface area (Å²) in [4.78, 5) is 24.8. The molecule has 1 aliphatic heterocycles. The molecule has 6 heteroatoms. The molecule has 0 bridgehead atoms. The summed E-state index contributed by atoms with van der Waals surface area (Å²) in [5.41, 5.74) is 5.54. The van der Waals surface area contributed by atoms with Gasteiger partial charge in [-0.15, -0.1) is 0 Å². The molecule has 2 aromatic carbocycles. The van der Waals surface area contributed by atoms with Crippen molar-refractivity contribution in [3.8, 4) is 6.07 Å². The molecule has 0 spiro atoms. The second kappa shape index (κ2) is 9.84. The lowest BCUT2D eigenvalue weighted by molar-refractivity contribution is -0.121. The molecule has 0 radical (unpaired) electrons. The number of hydrogen-bond donors (Lipinski definition) is 2. The summed E-state index contributed by atoms with van der Waals surface area (Å²) in [6.45, 7) is 8.20. The lowest BCUT2D eigenvalue weighted by Gasteiger charge is -2.25. The third-order valence-corrected chi connectivity index (χ3v) is 6.38. The van der Waals surface area contributed by atoms with Gasteiger partial charge < -0.3 is 10.6 Å². The number of aryl methyl sites for hydroxylation is 2. The Morgan fingerprint density at radius 1 is 1.23 bits per heavy atom. The van der Waals surface area contributed by atoms with E-state index in [1.54, 1.807) is 0 Å². The lowest BCUT2D eigenvalue weighted by atomic mass is 9.86. The molecule has 0 saturated carbocycles. The average molecular weight is 434 g/mol. The standard InChI is InChI=1S/C25H27N3O2S/c1-15(2)18-6-8-19(9-7-18)20-12-23(29)28-25(21(20)13-26)31-14-24(30)27-22-10-5-16(3)11-17(22)4/h5-11,15,20H,12,14H2,1-4H3,(H,27,30)(H,28,29)/t20-/m1/s1. The first-order valence-electron chi connectivity index (χ1n) is 10.3. The largest absolute Gasteiger partial charge is 0.325 e. The summed E-state index contributed by atoms with van der Waals surface area (Å²) in [6, 6.07) is 16.2. The van der Waals surface area contributed by atoms with Gasteiger partial charge in [-0.3, -0.25) is 9.59 Å². The molecule has 1 aliphatic rings. The molecule has 31 heavy (non-hydrogen) atoms. The zero-order chi connectivity index (χ0) is 22.5. The Hall–Kier alpha value is -3.04. The van der Waals surface area contributed by atoms with Gasteiger partial charge in [0.15, 0.2) is 0 Å². The van der Waals surface area contributed by atoms with Crippen molar-refractivity contribution in [2.45, 2.75) is 46.0 Å². The monoisotopic (exact) mass is 433 g/mol. The molecular formula is C25H27N3O2S. The van der Waals surface area contributed by atoms with Crippen LogP contribution in [0.1, 0.15) is 54.4 Å². The molecule has 1 heterocycles. The van der Waals surface area contributed by atoms with E-state index in [1.165, 1.54) is 17.3 Å². The average Bonchev–Trinajstić information content (AvgIpc) is 2.74. The maximum Gasteiger partial charge on any atom is 0.234 e. The van der Waals surface area contributed by atoms with Gasteiger partial charge in [0.25, 0.3) is 0 Å². The molecule has 0 aliphatic carbocycles. The van der Waals surface area contributed by atoms with Crippen LogP contribution in [0.15, 0.2) is 53.1 Å². The number of nitriles is 1. The normalized spacial score (nSPS) is 16.1. The predicted octanol–water partition coefficient (Wildman–Crippen LogP) is 5.14. The van der Waals surface area contributed by atoms with Gasteiger partial charge in [-0.2, -0.15) is 5.26 Å². The number of carbonyl (C=O) groups excluding carboxylic acids is 2. The Morgan fingerprint density at radius 3 is 2.55 bits per heavy atom. The van der Waals surface area contributed by atoms with Gasteiger partial charge in [0.05, 0.1) is 22.4 Å². The molecule has 5 nitrogen and oxygen atoms in total. The number of amides is 2. The van der Waals surface area contributed by atoms with Crippen molar-refractivity contribution in [1.29, 1.82) is 5.26 Å². The number of rotatable bonds is 6. The van der Waals surface area contributed by atoms with Crippen LogP contribution >= 0.6 is 11.8 Å². The van der Waals surface area contributed by atoms with Crippen molar-refractivity contribution in [1.82, 2.24) is 5.32 Å². The van der Waals surface area contributed by atoms with Gasteiger partial charge >= 0.3 is 0 Å². The van der Waals surface area contributed by atoms with E-state index in [0.29, 0.717) is 16.5 Å². The van der Waals surface area contributed by atoms with E-state index >= 15 is 0 Å². The molecule has 0 aromatic heterocycles. The molecule has 160 valence electrons. The van der Waals surface area contributed by atoms with Crippen LogP contribution in [0.25, 0.3) is 0 Å². The van der Waals surface area contributed by atoms with Crippen molar-refractivity contribution in [2.75, 3.05) is 11.1 Å². The number of benzene rings is 2. The molecule has 0 saturated heterocycles. The maximum absolute atomic E-state index is 12.5. The van der Waals surface area contributed by atoms with Crippen LogP contribution in [0.3, 0.4) is 0 Å². The molecule has 2 N–H and O–H groups in total. The van der Waals surface area contributed by atoms with Crippen LogP contribution in [0.5, 0.6) is 0 Å². The third-order valence-electron chi connectivity index (χ3n) is 5.37. The highest BCUT2D eigenvalue weighted by molar-refractivity contribution is 8.03. The van der Waals surface area contributed by atoms with Crippen molar-refractivity contribution < 1.29 is 9.59 Å². The summed E-state index contributed by atoms with van der Waals surface area (Å²) in [6.07, 6.45) is 0.225. The van der Waals surface area contributed by atoms with Crippen molar-refractivity contribution in [2.24, 2.45) is 0 Å². The second-order valence-electron chi connectivity index (χ2n) is 8.14. The number of nitrogens with one attached hydrogen (secondary N) is 2. The minimum atomic E-state index is -0.301. The van der Waals surface area contributed by atoms with Crippen LogP contribution in [0.2, 0.25) is 0 Å². The summed E-state index contributed by atoms with van der Waals surface area (Å²) in [7, 11) is 0. The topological polar surface area (TPSA) is 82.0 Å². The van der Waals surface area contributed by atoms with E-state index in [4.69, 9.17) is 0 Å². The van der Waals surface area contributed by atoms with Crippen molar-refractivity contribution >= 4 is 29.3 Å². The Kier molecular flexibility index (Phi) is 7.19. The molecule has 2 aromatic rings. The van der Waals surface area contributed by atoms with Crippen LogP contribution < -0.4 is 10.6 Å². The van der Waals surface area contributed by atoms with Crippen LogP contribution in [0.4, 0.5) is 5.69 Å². The number of thioether (sulfide) groups is 1. The Labute approximate surface area is 187 Å². The zero-order valence-electron chi connectivity index (χ0n) is 18.3. The predicted molar refractivity (Wildman–Crippen MR) is 126 cm³/mol. The van der Waals surface area contributed by atoms with Crippen LogP contribution in [-0.4, -0.2) is 17.6 Å². The van der Waals surface area contributed by atoms with Gasteiger partial charge in [-0.1, -0.05) is 67.6 Å². The van der Waals surface area contributed by atoms with Gasteiger partial charge in [0, 0.05) is 18.0 Å². The van der Waals surface area contributed by atoms with E-state index < -0.39 is 0 Å². The fourth-order valence-electron chi connectivity index (χ4n) is 3.61. The SMILES string of the molecule is Cc1ccc(NC(=O)CSC2=C(C#N)[C@@H](c3ccc(C(C)C)cc3)CC(=O)N2)c(C)c1. The number of carbonyl (C=O) groups is 2. The van der Waals surface area contributed by atoms with E-state index in [1.807, 2.05) is 56.3 Å². The second-order valence-corrected chi connectivity index (χ2v) is 9.12. The molecule has 3 rings (SSSR count). The van der Waals surface area contributed by atoms with E-state index in [0.717, 1.165) is 22.4 Å². The number of nitrogens with zero attached hydrogens (tertiary/aromatic N) is 1. The molecule has 0 fully saturated rings. The van der Waals surface area contributed by atoms with Crippen molar-refractivity contribution in [3.63, 3.8) is 0 Å². The summed E-state index contributed by atoms with van der Waals surface area (Å²) in [5, 5.41) is 16.0. The first-order valence-corrected chi connectivity index (χ1v) is 11.3. The number of anilines is 1. The van der Waals surface area contributed by atoms with Gasteiger partial charge in [0.2, 0.25) is 11.8 Å². The summed E-state index contributed by atoms with van der Waals surface area (Å²) >= 11 is 1.19. The minimum absolute atomic E-state index is 0.104. The number of allylic oxidation sites excluding steroid dienone is 1. The van der Waals surface area contributed by atoms with Crippen molar-refractivity contribution in [3.05, 3.63) is 75.3 Å². The molecular weight excluding hydrogens is 406 g/mol. The zero-order valence-corrected chi connectivity index (χ0v) is 19.1. The first kappa shape index (κ1) is 22.6. The lowest BCUT2D eigenvalue weighted by Crippen LogP contribution is -2.31. The smallest absolute Gasteiger partial charge is 0.234 e. The van der Waals surface area contributed by atoms with E-state index in [-0.39, 0.29) is 29.9 Å². The molecule has 2 amide bonds. The van der Waals surface area contributed by atoms with Gasteiger partial charge in [-0.25, -0.2) is 0 Å². The highest BCUT2D eigenvalue weighted by atomic mass is 32.2. The first-order chi connectivity index (χ1) is 14.8. The highest BCUT2D eigenvalue weighted by Gasteiger charge is 2.30. The highest BCUT2D eigenvalue weighted by Crippen LogP contribution is 2.36. The van der Waals surface area contributed by atoms with E-state index in [9.17, 15) is 14.9 Å². The van der Waals surface area contributed by atoms with Crippen LogP contribution in [0, 0.1) is 25.2 Å². The maximum atomic E-state index is 12.5. The molecule has 1 atom stereocenters. The Morgan fingerprint density at radius 2 is 1.94 bits per heavy atom. The minimum Gasteiger partial charge on any atom is -0.325 e. The van der Waals surface area contributed by atoms with Gasteiger partial charge in [0.1, 0.15) is 0 Å². The third kappa shape index (κ3) is 5.56.